The molecule has 0 saturated heterocycles. The molecule has 0 fully saturated rings. The third-order valence-electron chi connectivity index (χ3n) is 3.69. The molecule has 0 amide bonds. The highest BCUT2D eigenvalue weighted by Gasteiger charge is 2.13. The molecule has 1 unspecified atom stereocenters. The number of halogens is 1. The minimum Gasteiger partial charge on any atom is -0.508 e. The lowest BCUT2D eigenvalue weighted by Crippen LogP contribution is -2.26. The summed E-state index contributed by atoms with van der Waals surface area (Å²) in [5, 5.41) is 23.4. The molecular formula is C18H18ClNO3. The van der Waals surface area contributed by atoms with Gasteiger partial charge in [0.05, 0.1) is 6.10 Å². The molecule has 0 saturated carbocycles. The molecule has 0 radical (unpaired) electrons. The van der Waals surface area contributed by atoms with Crippen LogP contribution in [-0.2, 0) is 0 Å². The minimum atomic E-state index is -0.608. The molecule has 120 valence electrons. The molecule has 0 spiro atoms. The second-order valence-electron chi connectivity index (χ2n) is 5.52. The molecule has 3 rings (SSSR count). The second kappa shape index (κ2) is 7.04. The van der Waals surface area contributed by atoms with Gasteiger partial charge < -0.3 is 20.3 Å². The number of fused-ring (bicyclic) bond motifs is 1. The van der Waals surface area contributed by atoms with E-state index in [9.17, 15) is 10.2 Å². The SMILES string of the molecule is Oc1ccc2c(c1)OCC(CNCC(O)c1cccc(Cl)c1)=C2. The van der Waals surface area contributed by atoms with Crippen LogP contribution in [-0.4, -0.2) is 29.9 Å². The molecule has 0 aromatic heterocycles. The molecule has 1 aliphatic rings. The molecule has 5 heteroatoms. The largest absolute Gasteiger partial charge is 0.508 e. The topological polar surface area (TPSA) is 61.7 Å². The number of hydrogen-bond donors (Lipinski definition) is 3. The Morgan fingerprint density at radius 2 is 2.09 bits per heavy atom. The molecule has 0 bridgehead atoms. The highest BCUT2D eigenvalue weighted by atomic mass is 35.5. The monoisotopic (exact) mass is 331 g/mol. The smallest absolute Gasteiger partial charge is 0.130 e. The first-order chi connectivity index (χ1) is 11.1. The number of benzene rings is 2. The van der Waals surface area contributed by atoms with Crippen molar-refractivity contribution in [1.82, 2.24) is 5.32 Å². The number of aromatic hydroxyl groups is 1. The molecule has 1 atom stereocenters. The fourth-order valence-corrected chi connectivity index (χ4v) is 2.70. The molecule has 3 N–H and O–H groups in total. The summed E-state index contributed by atoms with van der Waals surface area (Å²) < 4.78 is 5.63. The summed E-state index contributed by atoms with van der Waals surface area (Å²) in [5.74, 6) is 0.885. The van der Waals surface area contributed by atoms with Crippen LogP contribution in [0.25, 0.3) is 6.08 Å². The zero-order valence-electron chi connectivity index (χ0n) is 12.5. The lowest BCUT2D eigenvalue weighted by molar-refractivity contribution is 0.175. The lowest BCUT2D eigenvalue weighted by Gasteiger charge is -2.19. The van der Waals surface area contributed by atoms with Gasteiger partial charge in [-0.2, -0.15) is 0 Å². The Balaban J connectivity index is 1.56. The molecule has 23 heavy (non-hydrogen) atoms. The van der Waals surface area contributed by atoms with Gasteiger partial charge in [0.2, 0.25) is 0 Å². The molecule has 0 aliphatic carbocycles. The van der Waals surface area contributed by atoms with Gasteiger partial charge in [-0.3, -0.25) is 0 Å². The van der Waals surface area contributed by atoms with Crippen molar-refractivity contribution in [1.29, 1.82) is 0 Å². The number of nitrogens with one attached hydrogen (secondary N) is 1. The predicted molar refractivity (Wildman–Crippen MR) is 90.9 cm³/mol. The molecular weight excluding hydrogens is 314 g/mol. The number of phenolic OH excluding ortho intramolecular Hbond substituents is 1. The maximum atomic E-state index is 10.2. The Kier molecular flexibility index (Phi) is 4.86. The van der Waals surface area contributed by atoms with Crippen LogP contribution in [0.15, 0.2) is 48.0 Å². The van der Waals surface area contributed by atoms with Crippen LogP contribution in [0.3, 0.4) is 0 Å². The summed E-state index contributed by atoms with van der Waals surface area (Å²) in [5.41, 5.74) is 2.82. The van der Waals surface area contributed by atoms with E-state index in [-0.39, 0.29) is 5.75 Å². The van der Waals surface area contributed by atoms with Crippen molar-refractivity contribution in [3.05, 3.63) is 64.2 Å². The summed E-state index contributed by atoms with van der Waals surface area (Å²) in [7, 11) is 0. The summed E-state index contributed by atoms with van der Waals surface area (Å²) in [6.45, 7) is 1.52. The van der Waals surface area contributed by atoms with E-state index in [1.165, 1.54) is 0 Å². The van der Waals surface area contributed by atoms with Gasteiger partial charge in [0.15, 0.2) is 0 Å². The first kappa shape index (κ1) is 15.9. The maximum absolute atomic E-state index is 10.2. The lowest BCUT2D eigenvalue weighted by atomic mass is 10.1. The number of aliphatic hydroxyl groups excluding tert-OH is 1. The van der Waals surface area contributed by atoms with E-state index in [4.69, 9.17) is 16.3 Å². The van der Waals surface area contributed by atoms with Gasteiger partial charge >= 0.3 is 0 Å². The van der Waals surface area contributed by atoms with Crippen LogP contribution in [0.1, 0.15) is 17.2 Å². The summed E-state index contributed by atoms with van der Waals surface area (Å²) in [4.78, 5) is 0. The molecule has 1 aliphatic heterocycles. The molecule has 1 heterocycles. The van der Waals surface area contributed by atoms with Gasteiger partial charge in [0.25, 0.3) is 0 Å². The second-order valence-corrected chi connectivity index (χ2v) is 5.95. The van der Waals surface area contributed by atoms with Gasteiger partial charge in [-0.15, -0.1) is 0 Å². The highest BCUT2D eigenvalue weighted by molar-refractivity contribution is 6.30. The van der Waals surface area contributed by atoms with Crippen LogP contribution in [0, 0.1) is 0 Å². The Hall–Kier alpha value is -2.01. The van der Waals surface area contributed by atoms with Crippen LogP contribution < -0.4 is 10.1 Å². The van der Waals surface area contributed by atoms with Crippen LogP contribution >= 0.6 is 11.6 Å². The molecule has 4 nitrogen and oxygen atoms in total. The van der Waals surface area contributed by atoms with E-state index in [2.05, 4.69) is 5.32 Å². The Morgan fingerprint density at radius 3 is 2.91 bits per heavy atom. The number of ether oxygens (including phenoxy) is 1. The molecule has 2 aromatic rings. The number of aliphatic hydroxyl groups is 1. The van der Waals surface area contributed by atoms with Gasteiger partial charge in [0, 0.05) is 29.7 Å². The van der Waals surface area contributed by atoms with Crippen molar-refractivity contribution in [2.24, 2.45) is 0 Å². The Bertz CT molecular complexity index is 730. The third-order valence-corrected chi connectivity index (χ3v) is 3.93. The van der Waals surface area contributed by atoms with Crippen molar-refractivity contribution in [3.63, 3.8) is 0 Å². The zero-order valence-corrected chi connectivity index (χ0v) is 13.3. The van der Waals surface area contributed by atoms with Crippen molar-refractivity contribution in [2.75, 3.05) is 19.7 Å². The van der Waals surface area contributed by atoms with E-state index in [0.717, 1.165) is 16.7 Å². The van der Waals surface area contributed by atoms with E-state index >= 15 is 0 Å². The maximum Gasteiger partial charge on any atom is 0.130 e. The quantitative estimate of drug-likeness (QED) is 0.787. The summed E-state index contributed by atoms with van der Waals surface area (Å²) in [6.07, 6.45) is 1.43. The molecule has 2 aromatic carbocycles. The van der Waals surface area contributed by atoms with E-state index in [1.807, 2.05) is 24.3 Å². The highest BCUT2D eigenvalue weighted by Crippen LogP contribution is 2.29. The predicted octanol–water partition coefficient (Wildman–Crippen LogP) is 3.14. The zero-order chi connectivity index (χ0) is 16.2. The normalized spacial score (nSPS) is 14.6. The van der Waals surface area contributed by atoms with Crippen molar-refractivity contribution >= 4 is 17.7 Å². The minimum absolute atomic E-state index is 0.198. The van der Waals surface area contributed by atoms with Gasteiger partial charge in [-0.05, 0) is 41.5 Å². The number of rotatable bonds is 5. The van der Waals surface area contributed by atoms with Crippen molar-refractivity contribution in [3.8, 4) is 11.5 Å². The van der Waals surface area contributed by atoms with Crippen LogP contribution in [0.4, 0.5) is 0 Å². The Labute approximate surface area is 140 Å². The van der Waals surface area contributed by atoms with Gasteiger partial charge in [-0.25, -0.2) is 0 Å². The number of phenols is 1. The van der Waals surface area contributed by atoms with Gasteiger partial charge in [-0.1, -0.05) is 23.7 Å². The van der Waals surface area contributed by atoms with Gasteiger partial charge in [0.1, 0.15) is 18.1 Å². The average Bonchev–Trinajstić information content (AvgIpc) is 2.55. The van der Waals surface area contributed by atoms with E-state index in [1.54, 1.807) is 24.3 Å². The van der Waals surface area contributed by atoms with Crippen molar-refractivity contribution < 1.29 is 14.9 Å². The number of hydrogen-bond acceptors (Lipinski definition) is 4. The van der Waals surface area contributed by atoms with Crippen LogP contribution in [0.5, 0.6) is 11.5 Å². The first-order valence-corrected chi connectivity index (χ1v) is 7.79. The Morgan fingerprint density at radius 1 is 1.22 bits per heavy atom. The fraction of sp³-hybridized carbons (Fsp3) is 0.222. The van der Waals surface area contributed by atoms with E-state index in [0.29, 0.717) is 30.5 Å². The first-order valence-electron chi connectivity index (χ1n) is 7.41. The summed E-state index contributed by atoms with van der Waals surface area (Å²) in [6, 6.07) is 12.3. The average molecular weight is 332 g/mol. The van der Waals surface area contributed by atoms with E-state index < -0.39 is 6.10 Å². The van der Waals surface area contributed by atoms with Crippen molar-refractivity contribution in [2.45, 2.75) is 6.10 Å². The standard InChI is InChI=1S/C18H18ClNO3/c19-15-3-1-2-13(7-15)17(22)10-20-9-12-6-14-4-5-16(21)8-18(14)23-11-12/h1-8,17,20-22H,9-11H2. The van der Waals surface area contributed by atoms with Crippen LogP contribution in [0.2, 0.25) is 5.02 Å². The third kappa shape index (κ3) is 4.05. The summed E-state index contributed by atoms with van der Waals surface area (Å²) >= 11 is 5.93. The fourth-order valence-electron chi connectivity index (χ4n) is 2.50.